The van der Waals surface area contributed by atoms with Gasteiger partial charge in [-0.1, -0.05) is 6.58 Å². The highest BCUT2D eigenvalue weighted by molar-refractivity contribution is 4.88. The topological polar surface area (TPSA) is 18.5 Å². The zero-order chi connectivity index (χ0) is 5.98. The monoisotopic (exact) mass is 114 g/mol. The fourth-order valence-corrected chi connectivity index (χ4v) is 0.749. The van der Waals surface area contributed by atoms with Gasteiger partial charge in [-0.25, -0.2) is 0 Å². The van der Waals surface area contributed by atoms with E-state index in [0.29, 0.717) is 0 Å². The quantitative estimate of drug-likeness (QED) is 0.511. The molecule has 8 heavy (non-hydrogen) atoms. The highest BCUT2D eigenvalue weighted by Crippen LogP contribution is 2.20. The molecule has 0 saturated carbocycles. The van der Waals surface area contributed by atoms with Crippen molar-refractivity contribution in [1.82, 2.24) is 0 Å². The first-order valence-corrected chi connectivity index (χ1v) is 2.70. The van der Waals surface area contributed by atoms with E-state index in [1.54, 1.807) is 7.11 Å². The zero-order valence-corrected chi connectivity index (χ0v) is 5.02. The molecule has 1 aliphatic rings. The molecule has 1 heterocycles. The summed E-state index contributed by atoms with van der Waals surface area (Å²) in [4.78, 5) is 0. The molecule has 0 aromatic carbocycles. The number of hydrogen-bond acceptors (Lipinski definition) is 2. The Morgan fingerprint density at radius 3 is 2.88 bits per heavy atom. The summed E-state index contributed by atoms with van der Waals surface area (Å²) in [5, 5.41) is 0. The maximum Gasteiger partial charge on any atom is 0.199 e. The van der Waals surface area contributed by atoms with Gasteiger partial charge in [0.1, 0.15) is 0 Å². The first-order chi connectivity index (χ1) is 3.83. The fraction of sp³-hybridized carbons (Fsp3) is 0.667. The summed E-state index contributed by atoms with van der Waals surface area (Å²) in [7, 11) is 1.64. The maximum absolute atomic E-state index is 5.09. The summed E-state index contributed by atoms with van der Waals surface area (Å²) in [5.41, 5.74) is 0. The Balaban J connectivity index is 2.32. The highest BCUT2D eigenvalue weighted by Gasteiger charge is 2.16. The van der Waals surface area contributed by atoms with E-state index in [9.17, 15) is 0 Å². The molecule has 1 aliphatic heterocycles. The van der Waals surface area contributed by atoms with E-state index in [4.69, 9.17) is 9.47 Å². The van der Waals surface area contributed by atoms with E-state index in [0.717, 1.165) is 18.6 Å². The van der Waals surface area contributed by atoms with Gasteiger partial charge in [0, 0.05) is 20.0 Å². The molecule has 0 spiro atoms. The van der Waals surface area contributed by atoms with Gasteiger partial charge < -0.3 is 9.47 Å². The molecule has 1 fully saturated rings. The van der Waals surface area contributed by atoms with Gasteiger partial charge in [0.2, 0.25) is 0 Å². The van der Waals surface area contributed by atoms with Crippen molar-refractivity contribution in [2.45, 2.75) is 19.1 Å². The standard InChI is InChI=1S/C6H10O2/c1-5-3-4-6(7-2)8-5/h6H,1,3-4H2,2H3/t6-/m1/s1. The second-order valence-corrected chi connectivity index (χ2v) is 1.86. The van der Waals surface area contributed by atoms with Crippen molar-refractivity contribution in [3.8, 4) is 0 Å². The molecule has 0 aliphatic carbocycles. The predicted molar refractivity (Wildman–Crippen MR) is 30.3 cm³/mol. The minimum atomic E-state index is -0.0255. The molecule has 1 rings (SSSR count). The SMILES string of the molecule is C=C1CC[C@H](OC)O1. The lowest BCUT2D eigenvalue weighted by Crippen LogP contribution is -2.05. The van der Waals surface area contributed by atoms with Crippen molar-refractivity contribution in [2.75, 3.05) is 7.11 Å². The average molecular weight is 114 g/mol. The van der Waals surface area contributed by atoms with Crippen LogP contribution >= 0.6 is 0 Å². The van der Waals surface area contributed by atoms with Crippen LogP contribution in [-0.2, 0) is 9.47 Å². The van der Waals surface area contributed by atoms with Gasteiger partial charge in [-0.2, -0.15) is 0 Å². The Labute approximate surface area is 49.1 Å². The van der Waals surface area contributed by atoms with E-state index < -0.39 is 0 Å². The number of methoxy groups -OCH3 is 1. The lowest BCUT2D eigenvalue weighted by Gasteiger charge is -2.05. The molecule has 0 aromatic heterocycles. The molecule has 1 atom stereocenters. The molecule has 0 N–H and O–H groups in total. The number of ether oxygens (including phenoxy) is 2. The van der Waals surface area contributed by atoms with Gasteiger partial charge in [0.25, 0.3) is 0 Å². The molecule has 1 saturated heterocycles. The normalized spacial score (nSPS) is 28.1. The van der Waals surface area contributed by atoms with Gasteiger partial charge in [-0.15, -0.1) is 0 Å². The number of allylic oxidation sites excluding steroid dienone is 1. The molecular weight excluding hydrogens is 104 g/mol. The third kappa shape index (κ3) is 1.01. The lowest BCUT2D eigenvalue weighted by atomic mass is 10.3. The highest BCUT2D eigenvalue weighted by atomic mass is 16.7. The van der Waals surface area contributed by atoms with E-state index >= 15 is 0 Å². The second kappa shape index (κ2) is 2.18. The molecule has 0 unspecified atom stereocenters. The van der Waals surface area contributed by atoms with Gasteiger partial charge in [-0.05, 0) is 0 Å². The lowest BCUT2D eigenvalue weighted by molar-refractivity contribution is -0.0678. The van der Waals surface area contributed by atoms with Crippen LogP contribution in [0.3, 0.4) is 0 Å². The molecular formula is C6H10O2. The van der Waals surface area contributed by atoms with Crippen LogP contribution in [0.2, 0.25) is 0 Å². The van der Waals surface area contributed by atoms with Crippen molar-refractivity contribution in [3.05, 3.63) is 12.3 Å². The fourth-order valence-electron chi connectivity index (χ4n) is 0.749. The Hall–Kier alpha value is -0.500. The van der Waals surface area contributed by atoms with Crippen LogP contribution in [0.1, 0.15) is 12.8 Å². The summed E-state index contributed by atoms with van der Waals surface area (Å²) in [6.45, 7) is 3.65. The molecule has 0 aromatic rings. The van der Waals surface area contributed by atoms with E-state index in [2.05, 4.69) is 6.58 Å². The van der Waals surface area contributed by atoms with Gasteiger partial charge in [0.05, 0.1) is 5.76 Å². The van der Waals surface area contributed by atoms with Crippen molar-refractivity contribution in [3.63, 3.8) is 0 Å². The average Bonchev–Trinajstić information content (AvgIpc) is 2.14. The molecule has 2 heteroatoms. The zero-order valence-electron chi connectivity index (χ0n) is 5.02. The minimum Gasteiger partial charge on any atom is -0.470 e. The first-order valence-electron chi connectivity index (χ1n) is 2.70. The van der Waals surface area contributed by atoms with E-state index in [1.807, 2.05) is 0 Å². The van der Waals surface area contributed by atoms with Crippen molar-refractivity contribution < 1.29 is 9.47 Å². The van der Waals surface area contributed by atoms with Crippen LogP contribution in [0.5, 0.6) is 0 Å². The smallest absolute Gasteiger partial charge is 0.199 e. The molecule has 0 radical (unpaired) electrons. The van der Waals surface area contributed by atoms with Gasteiger partial charge in [-0.3, -0.25) is 0 Å². The van der Waals surface area contributed by atoms with Crippen molar-refractivity contribution >= 4 is 0 Å². The largest absolute Gasteiger partial charge is 0.470 e. The van der Waals surface area contributed by atoms with E-state index in [-0.39, 0.29) is 6.29 Å². The molecule has 0 amide bonds. The number of rotatable bonds is 1. The summed E-state index contributed by atoms with van der Waals surface area (Å²) in [6, 6.07) is 0. The maximum atomic E-state index is 5.09. The molecule has 2 nitrogen and oxygen atoms in total. The van der Waals surface area contributed by atoms with Crippen LogP contribution in [0, 0.1) is 0 Å². The van der Waals surface area contributed by atoms with E-state index in [1.165, 1.54) is 0 Å². The Morgan fingerprint density at radius 1 is 1.88 bits per heavy atom. The van der Waals surface area contributed by atoms with Crippen LogP contribution in [0.15, 0.2) is 12.3 Å². The van der Waals surface area contributed by atoms with Gasteiger partial charge >= 0.3 is 0 Å². The summed E-state index contributed by atoms with van der Waals surface area (Å²) in [6.07, 6.45) is 1.87. The van der Waals surface area contributed by atoms with Crippen LogP contribution in [0.4, 0.5) is 0 Å². The Kier molecular flexibility index (Phi) is 1.53. The van der Waals surface area contributed by atoms with Crippen LogP contribution in [-0.4, -0.2) is 13.4 Å². The van der Waals surface area contributed by atoms with Crippen LogP contribution < -0.4 is 0 Å². The third-order valence-corrected chi connectivity index (χ3v) is 1.22. The Bertz CT molecular complexity index is 98.7. The Morgan fingerprint density at radius 2 is 2.62 bits per heavy atom. The third-order valence-electron chi connectivity index (χ3n) is 1.22. The summed E-state index contributed by atoms with van der Waals surface area (Å²) in [5.74, 6) is 0.844. The number of hydrogen-bond donors (Lipinski definition) is 0. The minimum absolute atomic E-state index is 0.0255. The predicted octanol–water partition coefficient (Wildman–Crippen LogP) is 1.28. The summed E-state index contributed by atoms with van der Waals surface area (Å²) >= 11 is 0. The van der Waals surface area contributed by atoms with Crippen molar-refractivity contribution in [1.29, 1.82) is 0 Å². The second-order valence-electron chi connectivity index (χ2n) is 1.86. The first kappa shape index (κ1) is 5.63. The van der Waals surface area contributed by atoms with Gasteiger partial charge in [0.15, 0.2) is 6.29 Å². The summed E-state index contributed by atoms with van der Waals surface area (Å²) < 4.78 is 9.99. The van der Waals surface area contributed by atoms with Crippen molar-refractivity contribution in [2.24, 2.45) is 0 Å². The molecule has 0 bridgehead atoms. The molecule has 46 valence electrons. The van der Waals surface area contributed by atoms with Crippen LogP contribution in [0.25, 0.3) is 0 Å².